The average Bonchev–Trinajstić information content (AvgIpc) is 2.53. The van der Waals surface area contributed by atoms with Crippen LogP contribution in [0.2, 0.25) is 0 Å². The fourth-order valence-electron chi connectivity index (χ4n) is 2.24. The van der Waals surface area contributed by atoms with Crippen molar-refractivity contribution in [1.29, 1.82) is 0 Å². The highest BCUT2D eigenvalue weighted by Gasteiger charge is 2.13. The lowest BCUT2D eigenvalue weighted by molar-refractivity contribution is 0.108. The van der Waals surface area contributed by atoms with E-state index < -0.39 is 0 Å². The zero-order valence-electron chi connectivity index (χ0n) is 13.8. The molecule has 1 aromatic carbocycles. The van der Waals surface area contributed by atoms with Crippen LogP contribution in [0.25, 0.3) is 0 Å². The molecule has 0 radical (unpaired) electrons. The van der Waals surface area contributed by atoms with Gasteiger partial charge in [-0.25, -0.2) is 0 Å². The fourth-order valence-corrected chi connectivity index (χ4v) is 2.24. The molecule has 1 unspecified atom stereocenters. The Morgan fingerprint density at radius 2 is 1.81 bits per heavy atom. The molecule has 0 heterocycles. The third-order valence-corrected chi connectivity index (χ3v) is 3.44. The van der Waals surface area contributed by atoms with E-state index in [0.29, 0.717) is 6.61 Å². The molecule has 0 saturated heterocycles. The Balaban J connectivity index is 2.66. The molecular weight excluding hydrogens is 266 g/mol. The summed E-state index contributed by atoms with van der Waals surface area (Å²) >= 11 is 0. The zero-order chi connectivity index (χ0) is 15.5. The van der Waals surface area contributed by atoms with Crippen LogP contribution in [-0.2, 0) is 4.74 Å². The molecule has 0 amide bonds. The number of unbranched alkanes of at least 4 members (excludes halogenated alkanes) is 2. The van der Waals surface area contributed by atoms with E-state index in [9.17, 15) is 0 Å². The monoisotopic (exact) mass is 295 g/mol. The zero-order valence-corrected chi connectivity index (χ0v) is 13.8. The number of likely N-dealkylation sites (N-methyl/N-ethyl adjacent to an activating group) is 1. The predicted molar refractivity (Wildman–Crippen MR) is 86.3 cm³/mol. The minimum Gasteiger partial charge on any atom is -0.493 e. The van der Waals surface area contributed by atoms with Gasteiger partial charge in [0.1, 0.15) is 0 Å². The van der Waals surface area contributed by atoms with Crippen LogP contribution < -0.4 is 14.8 Å². The lowest BCUT2D eigenvalue weighted by atomic mass is 10.1. The first-order valence-corrected chi connectivity index (χ1v) is 7.79. The third-order valence-electron chi connectivity index (χ3n) is 3.44. The van der Waals surface area contributed by atoms with E-state index in [-0.39, 0.29) is 6.04 Å². The molecule has 0 saturated carbocycles. The summed E-state index contributed by atoms with van der Waals surface area (Å²) in [6, 6.07) is 6.19. The number of ether oxygens (including phenoxy) is 3. The summed E-state index contributed by atoms with van der Waals surface area (Å²) in [7, 11) is 3.31. The molecule has 4 nitrogen and oxygen atoms in total. The van der Waals surface area contributed by atoms with E-state index >= 15 is 0 Å². The summed E-state index contributed by atoms with van der Waals surface area (Å²) in [5, 5.41) is 3.46. The van der Waals surface area contributed by atoms with Crippen molar-refractivity contribution in [2.45, 2.75) is 39.2 Å². The van der Waals surface area contributed by atoms with Gasteiger partial charge in [-0.05, 0) is 30.7 Å². The van der Waals surface area contributed by atoms with Gasteiger partial charge in [0.2, 0.25) is 0 Å². The maximum Gasteiger partial charge on any atom is 0.161 e. The van der Waals surface area contributed by atoms with Crippen molar-refractivity contribution in [1.82, 2.24) is 5.32 Å². The molecular formula is C17H29NO3. The number of nitrogens with one attached hydrogen (secondary N) is 1. The maximum absolute atomic E-state index is 5.80. The summed E-state index contributed by atoms with van der Waals surface area (Å²) in [6.07, 6.45) is 3.57. The number of methoxy groups -OCH3 is 2. The van der Waals surface area contributed by atoms with Gasteiger partial charge in [0.25, 0.3) is 0 Å². The second-order valence-electron chi connectivity index (χ2n) is 5.01. The second-order valence-corrected chi connectivity index (χ2v) is 5.01. The molecule has 4 heteroatoms. The van der Waals surface area contributed by atoms with Crippen LogP contribution >= 0.6 is 0 Å². The first-order valence-electron chi connectivity index (χ1n) is 7.79. The summed E-state index contributed by atoms with van der Waals surface area (Å²) in [4.78, 5) is 0. The van der Waals surface area contributed by atoms with E-state index in [0.717, 1.165) is 36.6 Å². The van der Waals surface area contributed by atoms with Crippen LogP contribution in [0.5, 0.6) is 11.5 Å². The van der Waals surface area contributed by atoms with Crippen LogP contribution in [-0.4, -0.2) is 34.0 Å². The summed E-state index contributed by atoms with van der Waals surface area (Å²) in [5.41, 5.74) is 1.16. The van der Waals surface area contributed by atoms with Gasteiger partial charge in [-0.15, -0.1) is 0 Å². The van der Waals surface area contributed by atoms with Gasteiger partial charge in [0, 0.05) is 6.61 Å². The Morgan fingerprint density at radius 3 is 2.43 bits per heavy atom. The van der Waals surface area contributed by atoms with E-state index in [4.69, 9.17) is 14.2 Å². The molecule has 0 spiro atoms. The summed E-state index contributed by atoms with van der Waals surface area (Å²) < 4.78 is 16.4. The van der Waals surface area contributed by atoms with Crippen LogP contribution in [0.4, 0.5) is 0 Å². The summed E-state index contributed by atoms with van der Waals surface area (Å²) in [5.74, 6) is 1.50. The van der Waals surface area contributed by atoms with Crippen molar-refractivity contribution in [3.8, 4) is 11.5 Å². The molecule has 1 aromatic rings. The van der Waals surface area contributed by atoms with Gasteiger partial charge in [-0.3, -0.25) is 0 Å². The van der Waals surface area contributed by atoms with Gasteiger partial charge in [0.05, 0.1) is 26.9 Å². The minimum absolute atomic E-state index is 0.177. The Morgan fingerprint density at radius 1 is 1.05 bits per heavy atom. The van der Waals surface area contributed by atoms with Crippen LogP contribution in [0.1, 0.15) is 44.7 Å². The Bertz CT molecular complexity index is 396. The average molecular weight is 295 g/mol. The molecule has 0 bridgehead atoms. The first kappa shape index (κ1) is 17.8. The van der Waals surface area contributed by atoms with Gasteiger partial charge < -0.3 is 19.5 Å². The topological polar surface area (TPSA) is 39.7 Å². The summed E-state index contributed by atoms with van der Waals surface area (Å²) in [6.45, 7) is 6.70. The molecule has 0 aromatic heterocycles. The highest BCUT2D eigenvalue weighted by molar-refractivity contribution is 5.43. The van der Waals surface area contributed by atoms with Crippen molar-refractivity contribution >= 4 is 0 Å². The molecule has 0 fully saturated rings. The predicted octanol–water partition coefficient (Wildman–Crippen LogP) is 3.56. The molecule has 0 aliphatic rings. The van der Waals surface area contributed by atoms with E-state index in [1.54, 1.807) is 14.2 Å². The van der Waals surface area contributed by atoms with Crippen molar-refractivity contribution in [2.24, 2.45) is 0 Å². The number of hydrogen-bond donors (Lipinski definition) is 1. The standard InChI is InChI=1S/C17H29NO3/c1-5-7-8-11-21-13-15(18-6-2)14-9-10-16(19-3)17(12-14)20-4/h9-10,12,15,18H,5-8,11,13H2,1-4H3. The minimum atomic E-state index is 0.177. The van der Waals surface area contributed by atoms with Gasteiger partial charge in [-0.2, -0.15) is 0 Å². The molecule has 0 aliphatic heterocycles. The molecule has 1 rings (SSSR count). The van der Waals surface area contributed by atoms with Crippen molar-refractivity contribution in [2.75, 3.05) is 34.0 Å². The van der Waals surface area contributed by atoms with Crippen molar-refractivity contribution < 1.29 is 14.2 Å². The molecule has 0 aliphatic carbocycles. The van der Waals surface area contributed by atoms with Gasteiger partial charge in [-0.1, -0.05) is 32.8 Å². The number of hydrogen-bond acceptors (Lipinski definition) is 4. The molecule has 1 N–H and O–H groups in total. The largest absolute Gasteiger partial charge is 0.493 e. The second kappa shape index (κ2) is 10.5. The normalized spacial score (nSPS) is 12.2. The van der Waals surface area contributed by atoms with E-state index in [1.165, 1.54) is 12.8 Å². The smallest absolute Gasteiger partial charge is 0.161 e. The third kappa shape index (κ3) is 5.94. The lowest BCUT2D eigenvalue weighted by Gasteiger charge is -2.20. The van der Waals surface area contributed by atoms with Crippen molar-refractivity contribution in [3.05, 3.63) is 23.8 Å². The van der Waals surface area contributed by atoms with E-state index in [2.05, 4.69) is 25.2 Å². The Labute approximate surface area is 128 Å². The lowest BCUT2D eigenvalue weighted by Crippen LogP contribution is -2.25. The quantitative estimate of drug-likeness (QED) is 0.634. The van der Waals surface area contributed by atoms with Crippen LogP contribution in [0.3, 0.4) is 0 Å². The number of rotatable bonds is 11. The molecule has 1 atom stereocenters. The maximum atomic E-state index is 5.80. The fraction of sp³-hybridized carbons (Fsp3) is 0.647. The van der Waals surface area contributed by atoms with Gasteiger partial charge >= 0.3 is 0 Å². The van der Waals surface area contributed by atoms with Crippen molar-refractivity contribution in [3.63, 3.8) is 0 Å². The van der Waals surface area contributed by atoms with E-state index in [1.807, 2.05) is 12.1 Å². The number of benzene rings is 1. The first-order chi connectivity index (χ1) is 10.3. The Kier molecular flexibility index (Phi) is 8.87. The molecule has 21 heavy (non-hydrogen) atoms. The van der Waals surface area contributed by atoms with Crippen LogP contribution in [0, 0.1) is 0 Å². The highest BCUT2D eigenvalue weighted by atomic mass is 16.5. The highest BCUT2D eigenvalue weighted by Crippen LogP contribution is 2.30. The van der Waals surface area contributed by atoms with Crippen LogP contribution in [0.15, 0.2) is 18.2 Å². The SMILES string of the molecule is CCCCCOCC(NCC)c1ccc(OC)c(OC)c1. The van der Waals surface area contributed by atoms with Gasteiger partial charge in [0.15, 0.2) is 11.5 Å². The molecule has 120 valence electrons. The Hall–Kier alpha value is -1.26.